The average Bonchev–Trinajstić information content (AvgIpc) is 2.15. The molecule has 1 unspecified atom stereocenters. The quantitative estimate of drug-likeness (QED) is 0.871. The molecule has 0 saturated carbocycles. The molecule has 0 radical (unpaired) electrons. The van der Waals surface area contributed by atoms with Crippen molar-refractivity contribution in [1.82, 2.24) is 0 Å². The minimum Gasteiger partial charge on any atom is -0.375 e. The summed E-state index contributed by atoms with van der Waals surface area (Å²) in [6.45, 7) is -0.972. The van der Waals surface area contributed by atoms with Crippen molar-refractivity contribution in [2.24, 2.45) is 5.73 Å². The van der Waals surface area contributed by atoms with Crippen LogP contribution in [0.15, 0.2) is 24.3 Å². The summed E-state index contributed by atoms with van der Waals surface area (Å²) in [5, 5.41) is 9.31. The Morgan fingerprint density at radius 1 is 1.25 bits per heavy atom. The molecule has 1 rings (SSSR count). The van der Waals surface area contributed by atoms with E-state index in [4.69, 9.17) is 17.3 Å². The number of benzene rings is 1. The highest BCUT2D eigenvalue weighted by molar-refractivity contribution is 6.31. The zero-order valence-electron chi connectivity index (χ0n) is 7.96. The highest BCUT2D eigenvalue weighted by Gasteiger charge is 2.54. The van der Waals surface area contributed by atoms with Gasteiger partial charge in [0.2, 0.25) is 0 Å². The van der Waals surface area contributed by atoms with E-state index in [1.807, 2.05) is 0 Å². The molecule has 1 aromatic rings. The van der Waals surface area contributed by atoms with Gasteiger partial charge in [0.15, 0.2) is 5.60 Å². The Bertz CT molecular complexity index is 359. The lowest BCUT2D eigenvalue weighted by Gasteiger charge is -2.30. The molecule has 0 aromatic heterocycles. The molecule has 16 heavy (non-hydrogen) atoms. The van der Waals surface area contributed by atoms with Crippen LogP contribution in [0.3, 0.4) is 0 Å². The first-order valence-corrected chi connectivity index (χ1v) is 4.45. The van der Waals surface area contributed by atoms with Gasteiger partial charge in [-0.15, -0.1) is 12.4 Å². The number of halogens is 5. The second-order valence-corrected chi connectivity index (χ2v) is 3.45. The van der Waals surface area contributed by atoms with Crippen molar-refractivity contribution in [3.8, 4) is 0 Å². The largest absolute Gasteiger partial charge is 0.422 e. The fourth-order valence-corrected chi connectivity index (χ4v) is 1.47. The average molecular weight is 276 g/mol. The Morgan fingerprint density at radius 2 is 1.75 bits per heavy atom. The lowest BCUT2D eigenvalue weighted by molar-refractivity contribution is -0.262. The first kappa shape index (κ1) is 15.5. The van der Waals surface area contributed by atoms with Gasteiger partial charge in [-0.2, -0.15) is 13.2 Å². The highest BCUT2D eigenvalue weighted by Crippen LogP contribution is 2.40. The zero-order chi connectivity index (χ0) is 11.7. The van der Waals surface area contributed by atoms with Crippen molar-refractivity contribution in [3.05, 3.63) is 34.9 Å². The van der Waals surface area contributed by atoms with Gasteiger partial charge in [-0.25, -0.2) is 0 Å². The van der Waals surface area contributed by atoms with Gasteiger partial charge < -0.3 is 10.8 Å². The van der Waals surface area contributed by atoms with Crippen molar-refractivity contribution in [2.45, 2.75) is 11.8 Å². The smallest absolute Gasteiger partial charge is 0.375 e. The molecule has 0 amide bonds. The molecule has 0 fully saturated rings. The molecule has 0 heterocycles. The van der Waals surface area contributed by atoms with E-state index in [1.165, 1.54) is 18.2 Å². The fourth-order valence-electron chi connectivity index (χ4n) is 1.18. The number of nitrogens with two attached hydrogens (primary N) is 1. The van der Waals surface area contributed by atoms with Gasteiger partial charge in [-0.3, -0.25) is 0 Å². The van der Waals surface area contributed by atoms with Crippen molar-refractivity contribution in [3.63, 3.8) is 0 Å². The second kappa shape index (κ2) is 5.23. The first-order chi connectivity index (χ1) is 6.83. The number of alkyl halides is 3. The monoisotopic (exact) mass is 275 g/mol. The Kier molecular flexibility index (Phi) is 5.07. The van der Waals surface area contributed by atoms with Crippen molar-refractivity contribution in [1.29, 1.82) is 0 Å². The minimum absolute atomic E-state index is 0. The third kappa shape index (κ3) is 2.60. The van der Waals surface area contributed by atoms with Gasteiger partial charge >= 0.3 is 6.18 Å². The Labute approximate surface area is 102 Å². The van der Waals surface area contributed by atoms with E-state index in [0.29, 0.717) is 0 Å². The van der Waals surface area contributed by atoms with E-state index in [-0.39, 0.29) is 17.4 Å². The normalized spacial score (nSPS) is 15.1. The van der Waals surface area contributed by atoms with Gasteiger partial charge in [0, 0.05) is 17.1 Å². The molecular weight excluding hydrogens is 266 g/mol. The third-order valence-electron chi connectivity index (χ3n) is 2.08. The number of rotatable bonds is 2. The summed E-state index contributed by atoms with van der Waals surface area (Å²) in [5.41, 5.74) is 1.44. The van der Waals surface area contributed by atoms with Gasteiger partial charge in [-0.05, 0) is 6.07 Å². The van der Waals surface area contributed by atoms with Gasteiger partial charge in [0.1, 0.15) is 0 Å². The maximum Gasteiger partial charge on any atom is 0.422 e. The van der Waals surface area contributed by atoms with Crippen LogP contribution in [-0.4, -0.2) is 17.8 Å². The SMILES string of the molecule is Cl.NCC(O)(c1ccccc1Cl)C(F)(F)F. The summed E-state index contributed by atoms with van der Waals surface area (Å²) in [4.78, 5) is 0. The Balaban J connectivity index is 0.00000225. The summed E-state index contributed by atoms with van der Waals surface area (Å²) < 4.78 is 37.7. The van der Waals surface area contributed by atoms with Gasteiger partial charge in [0.05, 0.1) is 0 Å². The van der Waals surface area contributed by atoms with Crippen molar-refractivity contribution < 1.29 is 18.3 Å². The molecule has 1 aromatic carbocycles. The molecule has 0 aliphatic heterocycles. The first-order valence-electron chi connectivity index (χ1n) is 4.07. The van der Waals surface area contributed by atoms with E-state index in [9.17, 15) is 18.3 Å². The van der Waals surface area contributed by atoms with Crippen LogP contribution in [-0.2, 0) is 5.60 Å². The standard InChI is InChI=1S/C9H9ClF3NO.ClH/c10-7-4-2-1-3-6(7)8(15,5-14)9(11,12)13;/h1-4,15H,5,14H2;1H. The maximum atomic E-state index is 12.6. The fraction of sp³-hybridized carbons (Fsp3) is 0.333. The summed E-state index contributed by atoms with van der Waals surface area (Å²) in [7, 11) is 0. The lowest BCUT2D eigenvalue weighted by atomic mass is 9.93. The van der Waals surface area contributed by atoms with E-state index in [0.717, 1.165) is 6.07 Å². The zero-order valence-corrected chi connectivity index (χ0v) is 9.53. The van der Waals surface area contributed by atoms with E-state index in [2.05, 4.69) is 0 Å². The predicted octanol–water partition coefficient (Wildman–Crippen LogP) is 2.47. The maximum absolute atomic E-state index is 12.6. The molecule has 0 spiro atoms. The molecule has 0 saturated heterocycles. The minimum atomic E-state index is -4.85. The topological polar surface area (TPSA) is 46.2 Å². The number of hydrogen-bond donors (Lipinski definition) is 2. The van der Waals surface area contributed by atoms with Crippen molar-refractivity contribution >= 4 is 24.0 Å². The Morgan fingerprint density at radius 3 is 2.12 bits per heavy atom. The molecule has 0 aliphatic rings. The molecule has 1 atom stereocenters. The molecule has 0 aliphatic carbocycles. The van der Waals surface area contributed by atoms with Gasteiger partial charge in [0.25, 0.3) is 0 Å². The summed E-state index contributed by atoms with van der Waals surface area (Å²) in [6.07, 6.45) is -4.85. The van der Waals surface area contributed by atoms with Crippen LogP contribution in [0.1, 0.15) is 5.56 Å². The predicted molar refractivity (Wildman–Crippen MR) is 57.7 cm³/mol. The number of hydrogen-bond acceptors (Lipinski definition) is 2. The Hall–Kier alpha value is -0.490. The third-order valence-corrected chi connectivity index (χ3v) is 2.41. The van der Waals surface area contributed by atoms with E-state index in [1.54, 1.807) is 0 Å². The second-order valence-electron chi connectivity index (χ2n) is 3.04. The highest BCUT2D eigenvalue weighted by atomic mass is 35.5. The number of aliphatic hydroxyl groups is 1. The molecule has 92 valence electrons. The lowest BCUT2D eigenvalue weighted by Crippen LogP contribution is -2.48. The molecule has 3 N–H and O–H groups in total. The van der Waals surface area contributed by atoms with Crippen LogP contribution in [0, 0.1) is 0 Å². The van der Waals surface area contributed by atoms with Crippen LogP contribution >= 0.6 is 24.0 Å². The van der Waals surface area contributed by atoms with E-state index >= 15 is 0 Å². The molecule has 7 heteroatoms. The molecular formula is C9H10Cl2F3NO. The van der Waals surface area contributed by atoms with E-state index < -0.39 is 23.9 Å². The van der Waals surface area contributed by atoms with Crippen LogP contribution in [0.5, 0.6) is 0 Å². The summed E-state index contributed by atoms with van der Waals surface area (Å²) in [6, 6.07) is 5.19. The molecule has 2 nitrogen and oxygen atoms in total. The summed E-state index contributed by atoms with van der Waals surface area (Å²) in [5.74, 6) is 0. The van der Waals surface area contributed by atoms with Crippen LogP contribution in [0.25, 0.3) is 0 Å². The van der Waals surface area contributed by atoms with Crippen LogP contribution in [0.2, 0.25) is 5.02 Å². The molecule has 0 bridgehead atoms. The van der Waals surface area contributed by atoms with Crippen molar-refractivity contribution in [2.75, 3.05) is 6.54 Å². The summed E-state index contributed by atoms with van der Waals surface area (Å²) >= 11 is 5.58. The van der Waals surface area contributed by atoms with Gasteiger partial charge in [-0.1, -0.05) is 29.8 Å². The van der Waals surface area contributed by atoms with Crippen LogP contribution in [0.4, 0.5) is 13.2 Å². The van der Waals surface area contributed by atoms with Crippen LogP contribution < -0.4 is 5.73 Å².